The summed E-state index contributed by atoms with van der Waals surface area (Å²) in [6.45, 7) is 3.10. The van der Waals surface area contributed by atoms with Gasteiger partial charge in [-0.3, -0.25) is 9.59 Å². The van der Waals surface area contributed by atoms with Gasteiger partial charge in [-0.2, -0.15) is 5.10 Å². The molecule has 4 heterocycles. The van der Waals surface area contributed by atoms with Crippen LogP contribution < -0.4 is 0 Å². The first-order valence-corrected chi connectivity index (χ1v) is 11.8. The number of piperidine rings is 2. The number of halogens is 1. The molecule has 0 unspecified atom stereocenters. The van der Waals surface area contributed by atoms with Gasteiger partial charge in [-0.1, -0.05) is 11.6 Å². The van der Waals surface area contributed by atoms with Crippen LogP contribution in [0.15, 0.2) is 48.8 Å². The molecule has 3 aromatic rings. The second kappa shape index (κ2) is 8.94. The second-order valence-electron chi connectivity index (χ2n) is 8.77. The lowest BCUT2D eigenvalue weighted by molar-refractivity contribution is 0.0709. The van der Waals surface area contributed by atoms with Crippen molar-refractivity contribution < 1.29 is 9.59 Å². The number of rotatable bonds is 3. The number of benzene rings is 1. The molecule has 0 N–H and O–H groups in total. The fraction of sp³-hybridized carbons (Fsp3) is 0.400. The molecule has 0 saturated carbocycles. The number of nitrogens with zero attached hydrogens (tertiary/aromatic N) is 4. The minimum Gasteiger partial charge on any atom is -0.339 e. The molecule has 0 atom stereocenters. The van der Waals surface area contributed by atoms with Crippen molar-refractivity contribution in [3.63, 3.8) is 0 Å². The van der Waals surface area contributed by atoms with E-state index in [2.05, 4.69) is 17.2 Å². The summed E-state index contributed by atoms with van der Waals surface area (Å²) in [6.07, 6.45) is 8.79. The number of aromatic nitrogens is 2. The van der Waals surface area contributed by atoms with Gasteiger partial charge in [0, 0.05) is 43.0 Å². The van der Waals surface area contributed by atoms with E-state index in [4.69, 9.17) is 11.6 Å². The molecule has 0 bridgehead atoms. The molecule has 32 heavy (non-hydrogen) atoms. The first-order chi connectivity index (χ1) is 15.6. The molecular weight excluding hydrogens is 424 g/mol. The van der Waals surface area contributed by atoms with Crippen molar-refractivity contribution in [2.45, 2.75) is 38.0 Å². The van der Waals surface area contributed by atoms with Crippen LogP contribution in [0.4, 0.5) is 0 Å². The van der Waals surface area contributed by atoms with Crippen molar-refractivity contribution in [2.24, 2.45) is 0 Å². The quantitative estimate of drug-likeness (QED) is 0.584. The number of amides is 2. The third kappa shape index (κ3) is 4.11. The summed E-state index contributed by atoms with van der Waals surface area (Å²) in [5.74, 6) is 0.503. The maximum absolute atomic E-state index is 13.1. The zero-order chi connectivity index (χ0) is 22.1. The normalized spacial score (nSPS) is 17.7. The van der Waals surface area contributed by atoms with Crippen LogP contribution in [0.1, 0.15) is 64.3 Å². The topological polar surface area (TPSA) is 57.9 Å². The molecule has 2 amide bonds. The van der Waals surface area contributed by atoms with Gasteiger partial charge in [0.1, 0.15) is 0 Å². The fourth-order valence-corrected chi connectivity index (χ4v) is 5.00. The zero-order valence-electron chi connectivity index (χ0n) is 18.0. The van der Waals surface area contributed by atoms with Crippen LogP contribution in [0, 0.1) is 0 Å². The third-order valence-electron chi connectivity index (χ3n) is 6.76. The highest BCUT2D eigenvalue weighted by Crippen LogP contribution is 2.30. The van der Waals surface area contributed by atoms with E-state index in [0.29, 0.717) is 22.1 Å². The Morgan fingerprint density at radius 1 is 0.875 bits per heavy atom. The summed E-state index contributed by atoms with van der Waals surface area (Å²) in [4.78, 5) is 29.7. The Kier molecular flexibility index (Phi) is 5.87. The van der Waals surface area contributed by atoms with Crippen LogP contribution in [0.25, 0.3) is 5.52 Å². The van der Waals surface area contributed by atoms with Gasteiger partial charge in [0.2, 0.25) is 0 Å². The smallest absolute Gasteiger partial charge is 0.257 e. The summed E-state index contributed by atoms with van der Waals surface area (Å²) in [5, 5.41) is 5.04. The minimum atomic E-state index is 0.0563. The molecule has 5 rings (SSSR count). The summed E-state index contributed by atoms with van der Waals surface area (Å²) < 4.78 is 1.79. The number of hydrogen-bond acceptors (Lipinski definition) is 3. The maximum atomic E-state index is 13.1. The summed E-state index contributed by atoms with van der Waals surface area (Å²) in [7, 11) is 0. The van der Waals surface area contributed by atoms with Gasteiger partial charge in [0.05, 0.1) is 17.3 Å². The first-order valence-electron chi connectivity index (χ1n) is 11.4. The van der Waals surface area contributed by atoms with E-state index in [1.165, 1.54) is 12.0 Å². The van der Waals surface area contributed by atoms with Gasteiger partial charge in [-0.15, -0.1) is 0 Å². The largest absolute Gasteiger partial charge is 0.339 e. The third-order valence-corrected chi connectivity index (χ3v) is 7.02. The van der Waals surface area contributed by atoms with Gasteiger partial charge in [0.15, 0.2) is 0 Å². The molecule has 2 saturated heterocycles. The van der Waals surface area contributed by atoms with E-state index in [-0.39, 0.29) is 11.8 Å². The Balaban J connectivity index is 1.30. The molecule has 0 aliphatic carbocycles. The van der Waals surface area contributed by atoms with E-state index >= 15 is 0 Å². The molecule has 2 fully saturated rings. The van der Waals surface area contributed by atoms with Gasteiger partial charge < -0.3 is 9.80 Å². The molecule has 0 radical (unpaired) electrons. The molecular formula is C25H27ClN4O2. The van der Waals surface area contributed by atoms with Crippen LogP contribution in [-0.4, -0.2) is 57.4 Å². The van der Waals surface area contributed by atoms with Crippen LogP contribution in [0.3, 0.4) is 0 Å². The van der Waals surface area contributed by atoms with Crippen LogP contribution in [-0.2, 0) is 0 Å². The molecule has 0 spiro atoms. The van der Waals surface area contributed by atoms with Gasteiger partial charge in [-0.05, 0) is 80.0 Å². The lowest BCUT2D eigenvalue weighted by Crippen LogP contribution is -2.37. The Hall–Kier alpha value is -2.86. The summed E-state index contributed by atoms with van der Waals surface area (Å²) >= 11 is 5.94. The number of carbonyl (C=O) groups is 2. The number of pyridine rings is 1. The SMILES string of the molecule is O=C(c1ccc(Cl)cc1)N1CCC(c2ccn3ncc(C(=O)N4CCCCC4)c3c2)CC1. The molecule has 6 nitrogen and oxygen atoms in total. The highest BCUT2D eigenvalue weighted by atomic mass is 35.5. The van der Waals surface area contributed by atoms with E-state index in [1.807, 2.05) is 16.0 Å². The monoisotopic (exact) mass is 450 g/mol. The van der Waals surface area contributed by atoms with Crippen molar-refractivity contribution >= 4 is 28.9 Å². The standard InChI is InChI=1S/C25H27ClN4O2/c26-21-6-4-19(5-7-21)24(31)29-13-8-18(9-14-29)20-10-15-30-23(16-20)22(17-27-30)25(32)28-11-2-1-3-12-28/h4-7,10,15-18H,1-3,8-9,11-14H2. The van der Waals surface area contributed by atoms with Crippen molar-refractivity contribution in [3.05, 3.63) is 70.5 Å². The van der Waals surface area contributed by atoms with Gasteiger partial charge in [-0.25, -0.2) is 4.52 Å². The molecule has 2 aliphatic heterocycles. The van der Waals surface area contributed by atoms with E-state index in [9.17, 15) is 9.59 Å². The van der Waals surface area contributed by atoms with Crippen LogP contribution >= 0.6 is 11.6 Å². The Labute approximate surface area is 192 Å². The summed E-state index contributed by atoms with van der Waals surface area (Å²) in [5.41, 5.74) is 3.44. The predicted molar refractivity (Wildman–Crippen MR) is 124 cm³/mol. The lowest BCUT2D eigenvalue weighted by atomic mass is 9.89. The number of fused-ring (bicyclic) bond motifs is 1. The van der Waals surface area contributed by atoms with E-state index in [0.717, 1.165) is 57.4 Å². The van der Waals surface area contributed by atoms with Gasteiger partial charge >= 0.3 is 0 Å². The fourth-order valence-electron chi connectivity index (χ4n) is 4.87. The van der Waals surface area contributed by atoms with Gasteiger partial charge in [0.25, 0.3) is 11.8 Å². The minimum absolute atomic E-state index is 0.0563. The van der Waals surface area contributed by atoms with Crippen molar-refractivity contribution in [1.82, 2.24) is 19.4 Å². The number of likely N-dealkylation sites (tertiary alicyclic amines) is 2. The number of carbonyl (C=O) groups excluding carboxylic acids is 2. The zero-order valence-corrected chi connectivity index (χ0v) is 18.8. The molecule has 166 valence electrons. The van der Waals surface area contributed by atoms with Crippen LogP contribution in [0.5, 0.6) is 0 Å². The van der Waals surface area contributed by atoms with Crippen molar-refractivity contribution in [3.8, 4) is 0 Å². The average Bonchev–Trinajstić information content (AvgIpc) is 3.27. The molecule has 2 aromatic heterocycles. The average molecular weight is 451 g/mol. The van der Waals surface area contributed by atoms with E-state index < -0.39 is 0 Å². The maximum Gasteiger partial charge on any atom is 0.257 e. The van der Waals surface area contributed by atoms with Crippen molar-refractivity contribution in [1.29, 1.82) is 0 Å². The van der Waals surface area contributed by atoms with Crippen LogP contribution in [0.2, 0.25) is 5.02 Å². The van der Waals surface area contributed by atoms with E-state index in [1.54, 1.807) is 35.0 Å². The summed E-state index contributed by atoms with van der Waals surface area (Å²) in [6, 6.07) is 11.3. The highest BCUT2D eigenvalue weighted by Gasteiger charge is 2.26. The molecule has 7 heteroatoms. The highest BCUT2D eigenvalue weighted by molar-refractivity contribution is 6.30. The first kappa shape index (κ1) is 21.0. The predicted octanol–water partition coefficient (Wildman–Crippen LogP) is 4.63. The Morgan fingerprint density at radius 2 is 1.56 bits per heavy atom. The number of hydrogen-bond donors (Lipinski definition) is 0. The second-order valence-corrected chi connectivity index (χ2v) is 9.21. The molecule has 1 aromatic carbocycles. The molecule has 2 aliphatic rings. The Bertz CT molecular complexity index is 1130. The van der Waals surface area contributed by atoms with Crippen molar-refractivity contribution in [2.75, 3.05) is 26.2 Å². The Morgan fingerprint density at radius 3 is 2.28 bits per heavy atom. The lowest BCUT2D eigenvalue weighted by Gasteiger charge is -2.32.